The summed E-state index contributed by atoms with van der Waals surface area (Å²) in [6.45, 7) is 4.03. The van der Waals surface area contributed by atoms with E-state index >= 15 is 0 Å². The summed E-state index contributed by atoms with van der Waals surface area (Å²) in [5, 5.41) is 10.9. The van der Waals surface area contributed by atoms with Crippen LogP contribution in [0, 0.1) is 18.6 Å². The Morgan fingerprint density at radius 3 is 2.81 bits per heavy atom. The third-order valence-electron chi connectivity index (χ3n) is 4.50. The predicted octanol–water partition coefficient (Wildman–Crippen LogP) is 3.74. The van der Waals surface area contributed by atoms with Gasteiger partial charge in [0.1, 0.15) is 18.5 Å². The van der Waals surface area contributed by atoms with Gasteiger partial charge in [-0.25, -0.2) is 8.78 Å². The highest BCUT2D eigenvalue weighted by Gasteiger charge is 2.24. The van der Waals surface area contributed by atoms with E-state index in [1.54, 1.807) is 18.2 Å². The lowest BCUT2D eigenvalue weighted by Crippen LogP contribution is -2.43. The molecule has 146 valence electrons. The largest absolute Gasteiger partial charge is 0.491 e. The van der Waals surface area contributed by atoms with Crippen LogP contribution in [0.15, 0.2) is 36.4 Å². The summed E-state index contributed by atoms with van der Waals surface area (Å²) < 4.78 is 37.9. The van der Waals surface area contributed by atoms with E-state index in [0.29, 0.717) is 42.6 Å². The van der Waals surface area contributed by atoms with Gasteiger partial charge in [0.2, 0.25) is 0 Å². The molecule has 0 radical (unpaired) electrons. The highest BCUT2D eigenvalue weighted by Crippen LogP contribution is 2.24. The molecule has 0 aromatic heterocycles. The van der Waals surface area contributed by atoms with Crippen molar-refractivity contribution in [2.45, 2.75) is 19.1 Å². The van der Waals surface area contributed by atoms with Crippen LogP contribution in [0.2, 0.25) is 5.02 Å². The fraction of sp³-hybridized carbons (Fsp3) is 0.400. The Morgan fingerprint density at radius 2 is 2.07 bits per heavy atom. The number of nitrogens with zero attached hydrogens (tertiary/aromatic N) is 1. The third-order valence-corrected chi connectivity index (χ3v) is 4.74. The van der Waals surface area contributed by atoms with Crippen molar-refractivity contribution in [2.75, 3.05) is 32.8 Å². The molecule has 2 atom stereocenters. The zero-order valence-corrected chi connectivity index (χ0v) is 15.8. The van der Waals surface area contributed by atoms with Crippen molar-refractivity contribution in [3.63, 3.8) is 0 Å². The van der Waals surface area contributed by atoms with E-state index in [-0.39, 0.29) is 12.7 Å². The maximum Gasteiger partial charge on any atom is 0.159 e. The number of morpholine rings is 1. The first-order chi connectivity index (χ1) is 12.9. The molecule has 1 N–H and O–H groups in total. The molecule has 3 rings (SSSR count). The first-order valence-corrected chi connectivity index (χ1v) is 9.16. The minimum absolute atomic E-state index is 0.148. The molecule has 1 aliphatic heterocycles. The zero-order chi connectivity index (χ0) is 19.4. The molecular weight excluding hydrogens is 376 g/mol. The summed E-state index contributed by atoms with van der Waals surface area (Å²) >= 11 is 5.92. The summed E-state index contributed by atoms with van der Waals surface area (Å²) in [5.74, 6) is -1.09. The summed E-state index contributed by atoms with van der Waals surface area (Å²) in [6.07, 6.45) is -1.05. The van der Waals surface area contributed by atoms with Gasteiger partial charge in [0.15, 0.2) is 11.6 Å². The first kappa shape index (κ1) is 20.0. The molecule has 1 saturated heterocycles. The molecule has 2 unspecified atom stereocenters. The molecule has 0 spiro atoms. The van der Waals surface area contributed by atoms with Crippen LogP contribution in [0.5, 0.6) is 5.75 Å². The number of β-amino-alcohol motifs (C(OH)–C–C–N with tert-alkyl or cyclic N) is 1. The van der Waals surface area contributed by atoms with Gasteiger partial charge in [0.25, 0.3) is 0 Å². The molecule has 0 bridgehead atoms. The van der Waals surface area contributed by atoms with Crippen molar-refractivity contribution in [2.24, 2.45) is 0 Å². The lowest BCUT2D eigenvalue weighted by atomic mass is 10.1. The Morgan fingerprint density at radius 1 is 1.26 bits per heavy atom. The summed E-state index contributed by atoms with van der Waals surface area (Å²) in [7, 11) is 0. The van der Waals surface area contributed by atoms with Gasteiger partial charge < -0.3 is 14.6 Å². The molecule has 27 heavy (non-hydrogen) atoms. The maximum absolute atomic E-state index is 13.5. The number of aliphatic hydroxyl groups excluding tert-OH is 1. The molecule has 1 heterocycles. The van der Waals surface area contributed by atoms with E-state index in [2.05, 4.69) is 0 Å². The third kappa shape index (κ3) is 5.39. The van der Waals surface area contributed by atoms with E-state index < -0.39 is 17.7 Å². The van der Waals surface area contributed by atoms with Gasteiger partial charge in [-0.1, -0.05) is 17.7 Å². The normalized spacial score (nSPS) is 19.1. The standard InChI is InChI=1S/C20H22ClF2NO3/c1-13-8-15(21)3-5-19(13)27-12-16(25)10-24-6-7-26-20(11-24)14-2-4-17(22)18(23)9-14/h2-5,8-9,16,20,25H,6-7,10-12H2,1H3. The van der Waals surface area contributed by atoms with Gasteiger partial charge in [-0.05, 0) is 48.4 Å². The van der Waals surface area contributed by atoms with Gasteiger partial charge >= 0.3 is 0 Å². The van der Waals surface area contributed by atoms with Crippen molar-refractivity contribution in [3.8, 4) is 5.75 Å². The molecule has 0 aliphatic carbocycles. The number of rotatable bonds is 6. The van der Waals surface area contributed by atoms with E-state index in [1.165, 1.54) is 6.07 Å². The van der Waals surface area contributed by atoms with Crippen LogP contribution in [0.3, 0.4) is 0 Å². The molecule has 2 aromatic carbocycles. The van der Waals surface area contributed by atoms with Gasteiger partial charge in [-0.15, -0.1) is 0 Å². The fourth-order valence-corrected chi connectivity index (χ4v) is 3.32. The van der Waals surface area contributed by atoms with Gasteiger partial charge in [0, 0.05) is 24.7 Å². The van der Waals surface area contributed by atoms with Crippen LogP contribution < -0.4 is 4.74 Å². The fourth-order valence-electron chi connectivity index (χ4n) is 3.09. The van der Waals surface area contributed by atoms with Gasteiger partial charge in [-0.3, -0.25) is 4.90 Å². The molecule has 1 aliphatic rings. The molecule has 7 heteroatoms. The van der Waals surface area contributed by atoms with Crippen molar-refractivity contribution >= 4 is 11.6 Å². The number of halogens is 3. The van der Waals surface area contributed by atoms with Crippen molar-refractivity contribution in [3.05, 3.63) is 64.2 Å². The van der Waals surface area contributed by atoms with Gasteiger partial charge in [0.05, 0.1) is 12.7 Å². The van der Waals surface area contributed by atoms with E-state index in [1.807, 2.05) is 11.8 Å². The lowest BCUT2D eigenvalue weighted by Gasteiger charge is -2.34. The maximum atomic E-state index is 13.5. The number of ether oxygens (including phenoxy) is 2. The summed E-state index contributed by atoms with van der Waals surface area (Å²) in [5.41, 5.74) is 1.49. The SMILES string of the molecule is Cc1cc(Cl)ccc1OCC(O)CN1CCOC(c2ccc(F)c(F)c2)C1. The molecule has 0 amide bonds. The second-order valence-corrected chi connectivity index (χ2v) is 7.10. The number of aryl methyl sites for hydroxylation is 1. The Hall–Kier alpha value is -1.73. The van der Waals surface area contributed by atoms with Crippen LogP contribution in [0.1, 0.15) is 17.2 Å². The molecular formula is C20H22ClF2NO3. The van der Waals surface area contributed by atoms with Crippen LogP contribution in [0.25, 0.3) is 0 Å². The number of hydrogen-bond donors (Lipinski definition) is 1. The van der Waals surface area contributed by atoms with Crippen molar-refractivity contribution < 1.29 is 23.4 Å². The van der Waals surface area contributed by atoms with Crippen LogP contribution in [-0.2, 0) is 4.74 Å². The Bertz CT molecular complexity index is 790. The number of benzene rings is 2. The molecule has 4 nitrogen and oxygen atoms in total. The van der Waals surface area contributed by atoms with Gasteiger partial charge in [-0.2, -0.15) is 0 Å². The topological polar surface area (TPSA) is 41.9 Å². The Kier molecular flexibility index (Phi) is 6.65. The second kappa shape index (κ2) is 8.97. The zero-order valence-electron chi connectivity index (χ0n) is 15.0. The number of aliphatic hydroxyl groups is 1. The lowest BCUT2D eigenvalue weighted by molar-refractivity contribution is -0.0460. The predicted molar refractivity (Wildman–Crippen MR) is 99.2 cm³/mol. The Labute approximate surface area is 162 Å². The smallest absolute Gasteiger partial charge is 0.159 e. The first-order valence-electron chi connectivity index (χ1n) is 8.78. The quantitative estimate of drug-likeness (QED) is 0.806. The van der Waals surface area contributed by atoms with E-state index in [4.69, 9.17) is 21.1 Å². The van der Waals surface area contributed by atoms with Crippen LogP contribution >= 0.6 is 11.6 Å². The molecule has 0 saturated carbocycles. The minimum Gasteiger partial charge on any atom is -0.491 e. The average Bonchev–Trinajstić information content (AvgIpc) is 2.63. The van der Waals surface area contributed by atoms with Crippen molar-refractivity contribution in [1.29, 1.82) is 0 Å². The van der Waals surface area contributed by atoms with Crippen LogP contribution in [-0.4, -0.2) is 49.0 Å². The molecule has 2 aromatic rings. The number of hydrogen-bond acceptors (Lipinski definition) is 4. The highest BCUT2D eigenvalue weighted by atomic mass is 35.5. The second-order valence-electron chi connectivity index (χ2n) is 6.67. The monoisotopic (exact) mass is 397 g/mol. The summed E-state index contributed by atoms with van der Waals surface area (Å²) in [6, 6.07) is 9.10. The highest BCUT2D eigenvalue weighted by molar-refractivity contribution is 6.30. The molecule has 1 fully saturated rings. The van der Waals surface area contributed by atoms with E-state index in [9.17, 15) is 13.9 Å². The van der Waals surface area contributed by atoms with Crippen LogP contribution in [0.4, 0.5) is 8.78 Å². The average molecular weight is 398 g/mol. The van der Waals surface area contributed by atoms with Crippen molar-refractivity contribution in [1.82, 2.24) is 4.90 Å². The summed E-state index contributed by atoms with van der Waals surface area (Å²) in [4.78, 5) is 2.03. The van der Waals surface area contributed by atoms with E-state index in [0.717, 1.165) is 17.7 Å². The minimum atomic E-state index is -0.889. The Balaban J connectivity index is 1.52.